The molecule has 0 bridgehead atoms. The van der Waals surface area contributed by atoms with Crippen molar-refractivity contribution in [1.82, 2.24) is 4.98 Å². The minimum atomic E-state index is -0.551. The highest BCUT2D eigenvalue weighted by molar-refractivity contribution is 9.10. The average Bonchev–Trinajstić information content (AvgIpc) is 2.34. The summed E-state index contributed by atoms with van der Waals surface area (Å²) < 4.78 is 14.1. The lowest BCUT2D eigenvalue weighted by molar-refractivity contribution is 0.102. The Kier molecular flexibility index (Phi) is 3.57. The Hall–Kier alpha value is -1.95. The molecule has 92 valence electrons. The Morgan fingerprint density at radius 3 is 2.89 bits per heavy atom. The van der Waals surface area contributed by atoms with E-state index in [-0.39, 0.29) is 17.1 Å². The zero-order chi connectivity index (χ0) is 13.1. The topological polar surface area (TPSA) is 68.0 Å². The number of halogens is 2. The largest absolute Gasteiger partial charge is 0.397 e. The second-order valence-electron chi connectivity index (χ2n) is 3.52. The Balaban J connectivity index is 2.27. The highest BCUT2D eigenvalue weighted by atomic mass is 79.9. The summed E-state index contributed by atoms with van der Waals surface area (Å²) in [4.78, 5) is 15.7. The average molecular weight is 310 g/mol. The summed E-state index contributed by atoms with van der Waals surface area (Å²) in [5, 5.41) is 2.42. The van der Waals surface area contributed by atoms with Crippen molar-refractivity contribution >= 4 is 33.2 Å². The molecule has 0 aliphatic heterocycles. The molecule has 0 radical (unpaired) electrons. The fourth-order valence-corrected chi connectivity index (χ4v) is 1.74. The number of nitrogens with zero attached hydrogens (tertiary/aromatic N) is 1. The molecule has 0 atom stereocenters. The fourth-order valence-electron chi connectivity index (χ4n) is 1.38. The first-order valence-electron chi connectivity index (χ1n) is 5.05. The molecule has 0 aliphatic carbocycles. The number of hydrogen-bond acceptors (Lipinski definition) is 3. The van der Waals surface area contributed by atoms with Gasteiger partial charge in [0.1, 0.15) is 5.82 Å². The summed E-state index contributed by atoms with van der Waals surface area (Å²) in [5.41, 5.74) is 5.99. The van der Waals surface area contributed by atoms with Crippen LogP contribution in [0.3, 0.4) is 0 Å². The number of pyridine rings is 1. The van der Waals surface area contributed by atoms with Crippen molar-refractivity contribution in [3.05, 3.63) is 52.5 Å². The standard InChI is InChI=1S/C12H9BrFN3O/c13-7-3-4-8(14)10(6-7)17-12(18)11-9(15)2-1-5-16-11/h1-6H,15H2,(H,17,18). The van der Waals surface area contributed by atoms with Gasteiger partial charge >= 0.3 is 0 Å². The van der Waals surface area contributed by atoms with Crippen LogP contribution in [0, 0.1) is 5.82 Å². The molecule has 4 nitrogen and oxygen atoms in total. The van der Waals surface area contributed by atoms with Crippen LogP contribution < -0.4 is 11.1 Å². The minimum absolute atomic E-state index is 0.0666. The number of anilines is 2. The molecule has 1 heterocycles. The van der Waals surface area contributed by atoms with Gasteiger partial charge in [-0.05, 0) is 30.3 Å². The van der Waals surface area contributed by atoms with E-state index < -0.39 is 11.7 Å². The van der Waals surface area contributed by atoms with Crippen molar-refractivity contribution in [2.24, 2.45) is 0 Å². The highest BCUT2D eigenvalue weighted by Crippen LogP contribution is 2.21. The van der Waals surface area contributed by atoms with E-state index in [4.69, 9.17) is 5.73 Å². The van der Waals surface area contributed by atoms with Gasteiger partial charge in [0.15, 0.2) is 5.69 Å². The lowest BCUT2D eigenvalue weighted by Gasteiger charge is -2.07. The number of aromatic nitrogens is 1. The molecule has 1 aromatic carbocycles. The molecular weight excluding hydrogens is 301 g/mol. The predicted octanol–water partition coefficient (Wildman–Crippen LogP) is 2.82. The molecule has 2 aromatic rings. The van der Waals surface area contributed by atoms with Gasteiger partial charge in [0.2, 0.25) is 0 Å². The van der Waals surface area contributed by atoms with E-state index in [1.165, 1.54) is 18.3 Å². The Labute approximate surface area is 111 Å². The molecule has 3 N–H and O–H groups in total. The number of nitrogen functional groups attached to an aromatic ring is 1. The number of amides is 1. The van der Waals surface area contributed by atoms with E-state index in [2.05, 4.69) is 26.2 Å². The van der Waals surface area contributed by atoms with Crippen LogP contribution in [-0.2, 0) is 0 Å². The number of nitrogens with one attached hydrogen (secondary N) is 1. The van der Waals surface area contributed by atoms with Crippen LogP contribution >= 0.6 is 15.9 Å². The van der Waals surface area contributed by atoms with Gasteiger partial charge in [-0.1, -0.05) is 15.9 Å². The fraction of sp³-hybridized carbons (Fsp3) is 0. The van der Waals surface area contributed by atoms with Crippen LogP contribution in [0.15, 0.2) is 41.0 Å². The molecule has 0 saturated carbocycles. The molecular formula is C12H9BrFN3O. The molecule has 1 amide bonds. The van der Waals surface area contributed by atoms with E-state index in [0.29, 0.717) is 4.47 Å². The van der Waals surface area contributed by atoms with Gasteiger partial charge in [0.05, 0.1) is 11.4 Å². The van der Waals surface area contributed by atoms with Gasteiger partial charge in [-0.3, -0.25) is 4.79 Å². The highest BCUT2D eigenvalue weighted by Gasteiger charge is 2.13. The molecule has 0 aliphatic rings. The van der Waals surface area contributed by atoms with Gasteiger partial charge in [-0.15, -0.1) is 0 Å². The summed E-state index contributed by atoms with van der Waals surface area (Å²) >= 11 is 3.20. The normalized spacial score (nSPS) is 10.1. The summed E-state index contributed by atoms with van der Waals surface area (Å²) in [6.07, 6.45) is 1.45. The zero-order valence-electron chi connectivity index (χ0n) is 9.15. The Morgan fingerprint density at radius 2 is 2.17 bits per heavy atom. The number of carbonyl (C=O) groups is 1. The molecule has 0 spiro atoms. The second-order valence-corrected chi connectivity index (χ2v) is 4.44. The van der Waals surface area contributed by atoms with Crippen LogP contribution in [0.5, 0.6) is 0 Å². The maximum atomic E-state index is 13.5. The molecule has 18 heavy (non-hydrogen) atoms. The van der Waals surface area contributed by atoms with Gasteiger partial charge < -0.3 is 11.1 Å². The maximum Gasteiger partial charge on any atom is 0.276 e. The Morgan fingerprint density at radius 1 is 1.39 bits per heavy atom. The van der Waals surface area contributed by atoms with Crippen LogP contribution in [0.25, 0.3) is 0 Å². The van der Waals surface area contributed by atoms with Crippen molar-refractivity contribution in [2.45, 2.75) is 0 Å². The first kappa shape index (κ1) is 12.5. The second kappa shape index (κ2) is 5.14. The molecule has 0 saturated heterocycles. The molecule has 1 aromatic heterocycles. The molecule has 0 fully saturated rings. The number of benzene rings is 1. The van der Waals surface area contributed by atoms with E-state index in [1.54, 1.807) is 18.2 Å². The zero-order valence-corrected chi connectivity index (χ0v) is 10.7. The van der Waals surface area contributed by atoms with Crippen molar-refractivity contribution in [3.63, 3.8) is 0 Å². The van der Waals surface area contributed by atoms with E-state index >= 15 is 0 Å². The summed E-state index contributed by atoms with van der Waals surface area (Å²) in [6.45, 7) is 0. The minimum Gasteiger partial charge on any atom is -0.397 e. The quantitative estimate of drug-likeness (QED) is 0.896. The third kappa shape index (κ3) is 2.65. The van der Waals surface area contributed by atoms with Gasteiger partial charge in [0, 0.05) is 10.7 Å². The lowest BCUT2D eigenvalue weighted by atomic mass is 10.2. The first-order chi connectivity index (χ1) is 8.58. The van der Waals surface area contributed by atoms with Gasteiger partial charge in [-0.2, -0.15) is 0 Å². The first-order valence-corrected chi connectivity index (χ1v) is 5.84. The molecule has 2 rings (SSSR count). The van der Waals surface area contributed by atoms with Crippen molar-refractivity contribution in [3.8, 4) is 0 Å². The summed E-state index contributed by atoms with van der Waals surface area (Å²) in [5.74, 6) is -1.08. The molecule has 6 heteroatoms. The number of carbonyl (C=O) groups excluding carboxylic acids is 1. The number of hydrogen-bond donors (Lipinski definition) is 2. The van der Waals surface area contributed by atoms with Crippen molar-refractivity contribution in [2.75, 3.05) is 11.1 Å². The number of nitrogens with two attached hydrogens (primary N) is 1. The predicted molar refractivity (Wildman–Crippen MR) is 70.7 cm³/mol. The SMILES string of the molecule is Nc1cccnc1C(=O)Nc1cc(Br)ccc1F. The van der Waals surface area contributed by atoms with Gasteiger partial charge in [0.25, 0.3) is 5.91 Å². The van der Waals surface area contributed by atoms with E-state index in [1.807, 2.05) is 0 Å². The third-order valence-corrected chi connectivity index (χ3v) is 2.72. The third-order valence-electron chi connectivity index (χ3n) is 2.23. The number of rotatable bonds is 2. The summed E-state index contributed by atoms with van der Waals surface area (Å²) in [6, 6.07) is 7.43. The Bertz CT molecular complexity index is 604. The van der Waals surface area contributed by atoms with Crippen LogP contribution in [0.2, 0.25) is 0 Å². The monoisotopic (exact) mass is 309 g/mol. The van der Waals surface area contributed by atoms with Crippen LogP contribution in [-0.4, -0.2) is 10.9 Å². The van der Waals surface area contributed by atoms with Crippen molar-refractivity contribution < 1.29 is 9.18 Å². The van der Waals surface area contributed by atoms with E-state index in [9.17, 15) is 9.18 Å². The van der Waals surface area contributed by atoms with Crippen LogP contribution in [0.4, 0.5) is 15.8 Å². The molecule has 0 unspecified atom stereocenters. The van der Waals surface area contributed by atoms with Crippen LogP contribution in [0.1, 0.15) is 10.5 Å². The maximum absolute atomic E-state index is 13.5. The smallest absolute Gasteiger partial charge is 0.276 e. The lowest BCUT2D eigenvalue weighted by Crippen LogP contribution is -2.16. The van der Waals surface area contributed by atoms with E-state index in [0.717, 1.165) is 0 Å². The summed E-state index contributed by atoms with van der Waals surface area (Å²) in [7, 11) is 0. The van der Waals surface area contributed by atoms with Gasteiger partial charge in [-0.25, -0.2) is 9.37 Å². The van der Waals surface area contributed by atoms with Crippen molar-refractivity contribution in [1.29, 1.82) is 0 Å².